The molecular formula is C20H20ClNO4. The lowest BCUT2D eigenvalue weighted by Gasteiger charge is -2.40. The molecule has 0 heterocycles. The van der Waals surface area contributed by atoms with Gasteiger partial charge in [-0.05, 0) is 54.8 Å². The molecule has 0 aliphatic heterocycles. The van der Waals surface area contributed by atoms with Gasteiger partial charge >= 0.3 is 5.97 Å². The number of rotatable bonds is 6. The van der Waals surface area contributed by atoms with Gasteiger partial charge in [0.25, 0.3) is 0 Å². The topological polar surface area (TPSA) is 64.6 Å². The van der Waals surface area contributed by atoms with Crippen LogP contribution < -0.4 is 10.1 Å². The quantitative estimate of drug-likeness (QED) is 0.778. The smallest absolute Gasteiger partial charge is 0.343 e. The minimum Gasteiger partial charge on any atom is -0.482 e. The van der Waals surface area contributed by atoms with E-state index in [0.29, 0.717) is 16.5 Å². The molecule has 1 aliphatic rings. The molecule has 0 unspecified atom stereocenters. The fraction of sp³-hybridized carbons (Fsp3) is 0.300. The summed E-state index contributed by atoms with van der Waals surface area (Å²) in [7, 11) is 1.31. The molecule has 0 aromatic heterocycles. The van der Waals surface area contributed by atoms with Crippen LogP contribution in [0.1, 0.15) is 24.8 Å². The number of amides is 1. The summed E-state index contributed by atoms with van der Waals surface area (Å²) in [6.07, 6.45) is 2.66. The normalized spacial score (nSPS) is 14.8. The molecule has 0 saturated heterocycles. The highest BCUT2D eigenvalue weighted by molar-refractivity contribution is 6.30. The highest BCUT2D eigenvalue weighted by Crippen LogP contribution is 2.44. The summed E-state index contributed by atoms with van der Waals surface area (Å²) in [5.41, 5.74) is 1.18. The standard InChI is InChI=1S/C20H20ClNO4/c1-25-18(23)13-26-17-9-7-16(8-10-17)22-19(24)20(11-2-12-20)14-3-5-15(21)6-4-14/h3-10H,2,11-13H2,1H3,(H,22,24). The first-order valence-electron chi connectivity index (χ1n) is 8.41. The Morgan fingerprint density at radius 1 is 1.08 bits per heavy atom. The van der Waals surface area contributed by atoms with Crippen molar-refractivity contribution in [2.75, 3.05) is 19.0 Å². The minimum absolute atomic E-state index is 0.0192. The number of carbonyl (C=O) groups is 2. The van der Waals surface area contributed by atoms with Crippen molar-refractivity contribution in [3.63, 3.8) is 0 Å². The first kappa shape index (κ1) is 18.3. The summed E-state index contributed by atoms with van der Waals surface area (Å²) < 4.78 is 9.82. The Balaban J connectivity index is 1.67. The number of halogens is 1. The summed E-state index contributed by atoms with van der Waals surface area (Å²) in [6, 6.07) is 14.4. The zero-order chi connectivity index (χ0) is 18.6. The summed E-state index contributed by atoms with van der Waals surface area (Å²) in [5.74, 6) is 0.0658. The Morgan fingerprint density at radius 3 is 2.27 bits per heavy atom. The van der Waals surface area contributed by atoms with E-state index in [1.165, 1.54) is 7.11 Å². The van der Waals surface area contributed by atoms with Crippen molar-refractivity contribution in [2.45, 2.75) is 24.7 Å². The van der Waals surface area contributed by atoms with Gasteiger partial charge in [-0.25, -0.2) is 4.79 Å². The lowest BCUT2D eigenvalue weighted by molar-refractivity contribution is -0.142. The van der Waals surface area contributed by atoms with E-state index < -0.39 is 11.4 Å². The molecular weight excluding hydrogens is 354 g/mol. The zero-order valence-corrected chi connectivity index (χ0v) is 15.2. The van der Waals surface area contributed by atoms with Crippen molar-refractivity contribution in [1.29, 1.82) is 0 Å². The van der Waals surface area contributed by atoms with E-state index in [-0.39, 0.29) is 12.5 Å². The lowest BCUT2D eigenvalue weighted by Crippen LogP contribution is -2.45. The van der Waals surface area contributed by atoms with Crippen molar-refractivity contribution < 1.29 is 19.1 Å². The maximum atomic E-state index is 12.9. The zero-order valence-electron chi connectivity index (χ0n) is 14.5. The Bertz CT molecular complexity index is 782. The molecule has 26 heavy (non-hydrogen) atoms. The van der Waals surface area contributed by atoms with Gasteiger partial charge < -0.3 is 14.8 Å². The largest absolute Gasteiger partial charge is 0.482 e. The van der Waals surface area contributed by atoms with Crippen molar-refractivity contribution in [2.24, 2.45) is 0 Å². The molecule has 2 aromatic rings. The maximum Gasteiger partial charge on any atom is 0.343 e. The van der Waals surface area contributed by atoms with Gasteiger partial charge in [-0.15, -0.1) is 0 Å². The third-order valence-corrected chi connectivity index (χ3v) is 4.99. The Hall–Kier alpha value is -2.53. The Labute approximate surface area is 157 Å². The van der Waals surface area contributed by atoms with Gasteiger partial charge in [0.05, 0.1) is 12.5 Å². The molecule has 1 saturated carbocycles. The highest BCUT2D eigenvalue weighted by Gasteiger charge is 2.45. The second kappa shape index (κ2) is 7.79. The number of nitrogens with one attached hydrogen (secondary N) is 1. The SMILES string of the molecule is COC(=O)COc1ccc(NC(=O)C2(c3ccc(Cl)cc3)CCC2)cc1. The third-order valence-electron chi connectivity index (χ3n) is 4.74. The average Bonchev–Trinajstić information content (AvgIpc) is 2.61. The fourth-order valence-corrected chi connectivity index (χ4v) is 3.16. The van der Waals surface area contributed by atoms with E-state index in [2.05, 4.69) is 10.1 Å². The van der Waals surface area contributed by atoms with Gasteiger partial charge in [0, 0.05) is 10.7 Å². The number of methoxy groups -OCH3 is 1. The highest BCUT2D eigenvalue weighted by atomic mass is 35.5. The van der Waals surface area contributed by atoms with Crippen LogP contribution in [-0.2, 0) is 19.7 Å². The predicted molar refractivity (Wildman–Crippen MR) is 99.6 cm³/mol. The van der Waals surface area contributed by atoms with Crippen molar-refractivity contribution in [3.05, 3.63) is 59.1 Å². The molecule has 1 amide bonds. The second-order valence-corrected chi connectivity index (χ2v) is 6.72. The molecule has 6 heteroatoms. The van der Waals surface area contributed by atoms with Crippen LogP contribution in [0.15, 0.2) is 48.5 Å². The van der Waals surface area contributed by atoms with Gasteiger partial charge in [0.15, 0.2) is 6.61 Å². The molecule has 136 valence electrons. The summed E-state index contributed by atoms with van der Waals surface area (Å²) in [4.78, 5) is 24.0. The van der Waals surface area contributed by atoms with E-state index in [1.807, 2.05) is 24.3 Å². The van der Waals surface area contributed by atoms with Crippen LogP contribution in [0.5, 0.6) is 5.75 Å². The molecule has 0 spiro atoms. The minimum atomic E-state index is -0.495. The number of hydrogen-bond donors (Lipinski definition) is 1. The van der Waals surface area contributed by atoms with Crippen molar-refractivity contribution >= 4 is 29.2 Å². The van der Waals surface area contributed by atoms with Crippen LogP contribution in [-0.4, -0.2) is 25.6 Å². The van der Waals surface area contributed by atoms with E-state index in [9.17, 15) is 9.59 Å². The van der Waals surface area contributed by atoms with E-state index >= 15 is 0 Å². The molecule has 1 aliphatic carbocycles. The number of carbonyl (C=O) groups excluding carboxylic acids is 2. The molecule has 0 radical (unpaired) electrons. The lowest BCUT2D eigenvalue weighted by atomic mass is 9.64. The van der Waals surface area contributed by atoms with Gasteiger partial charge in [-0.3, -0.25) is 4.79 Å². The first-order valence-corrected chi connectivity index (χ1v) is 8.78. The van der Waals surface area contributed by atoms with Gasteiger partial charge in [-0.1, -0.05) is 30.2 Å². The van der Waals surface area contributed by atoms with Crippen LogP contribution in [0.4, 0.5) is 5.69 Å². The van der Waals surface area contributed by atoms with Crippen molar-refractivity contribution in [1.82, 2.24) is 0 Å². The molecule has 1 N–H and O–H groups in total. The van der Waals surface area contributed by atoms with Gasteiger partial charge in [0.2, 0.25) is 5.91 Å². The Kier molecular flexibility index (Phi) is 5.47. The molecule has 1 fully saturated rings. The monoisotopic (exact) mass is 373 g/mol. The average molecular weight is 374 g/mol. The molecule has 0 atom stereocenters. The molecule has 0 bridgehead atoms. The van der Waals surface area contributed by atoms with E-state index in [4.69, 9.17) is 16.3 Å². The van der Waals surface area contributed by atoms with Crippen LogP contribution >= 0.6 is 11.6 Å². The first-order chi connectivity index (χ1) is 12.5. The Morgan fingerprint density at radius 2 is 1.73 bits per heavy atom. The summed E-state index contributed by atoms with van der Waals surface area (Å²) in [6.45, 7) is -0.151. The van der Waals surface area contributed by atoms with Crippen LogP contribution in [0, 0.1) is 0 Å². The van der Waals surface area contributed by atoms with Crippen LogP contribution in [0.3, 0.4) is 0 Å². The maximum absolute atomic E-state index is 12.9. The third kappa shape index (κ3) is 3.83. The number of anilines is 1. The van der Waals surface area contributed by atoms with Crippen LogP contribution in [0.2, 0.25) is 5.02 Å². The van der Waals surface area contributed by atoms with Crippen LogP contribution in [0.25, 0.3) is 0 Å². The number of hydrogen-bond acceptors (Lipinski definition) is 4. The number of ether oxygens (including phenoxy) is 2. The summed E-state index contributed by atoms with van der Waals surface area (Å²) in [5, 5.41) is 3.64. The van der Waals surface area contributed by atoms with E-state index in [0.717, 1.165) is 24.8 Å². The van der Waals surface area contributed by atoms with Gasteiger partial charge in [0.1, 0.15) is 5.75 Å². The molecule has 3 rings (SSSR count). The molecule has 5 nitrogen and oxygen atoms in total. The predicted octanol–water partition coefficient (Wildman–Crippen LogP) is 3.95. The number of benzene rings is 2. The van der Waals surface area contributed by atoms with Crippen molar-refractivity contribution in [3.8, 4) is 5.75 Å². The summed E-state index contributed by atoms with van der Waals surface area (Å²) >= 11 is 5.96. The second-order valence-electron chi connectivity index (χ2n) is 6.29. The van der Waals surface area contributed by atoms with E-state index in [1.54, 1.807) is 24.3 Å². The fourth-order valence-electron chi connectivity index (χ4n) is 3.03. The molecule has 2 aromatic carbocycles. The van der Waals surface area contributed by atoms with Gasteiger partial charge in [-0.2, -0.15) is 0 Å². The number of esters is 1.